The molecular formula is C21H23ClN4O4S. The van der Waals surface area contributed by atoms with Crippen LogP contribution in [0.15, 0.2) is 35.5 Å². The van der Waals surface area contributed by atoms with Crippen LogP contribution in [-0.2, 0) is 11.8 Å². The molecule has 0 bridgehead atoms. The third-order valence-electron chi connectivity index (χ3n) is 4.63. The first-order valence-corrected chi connectivity index (χ1v) is 10.6. The Labute approximate surface area is 189 Å². The molecule has 1 heterocycles. The Balaban J connectivity index is 1.76. The van der Waals surface area contributed by atoms with Crippen molar-refractivity contribution in [1.82, 2.24) is 14.8 Å². The zero-order valence-corrected chi connectivity index (χ0v) is 19.4. The van der Waals surface area contributed by atoms with Crippen molar-refractivity contribution in [2.75, 3.05) is 32.4 Å². The molecule has 1 amide bonds. The van der Waals surface area contributed by atoms with Crippen molar-refractivity contribution < 1.29 is 19.0 Å². The van der Waals surface area contributed by atoms with E-state index in [2.05, 4.69) is 15.5 Å². The Hall–Kier alpha value is -2.91. The number of halogens is 1. The van der Waals surface area contributed by atoms with E-state index in [0.717, 1.165) is 11.1 Å². The molecule has 31 heavy (non-hydrogen) atoms. The fourth-order valence-corrected chi connectivity index (χ4v) is 3.85. The number of aromatic nitrogens is 3. The number of hydrogen-bond donors (Lipinski definition) is 1. The summed E-state index contributed by atoms with van der Waals surface area (Å²) in [5.74, 6) is 2.15. The first-order chi connectivity index (χ1) is 14.9. The van der Waals surface area contributed by atoms with Crippen LogP contribution < -0.4 is 19.5 Å². The Morgan fingerprint density at radius 1 is 1.13 bits per heavy atom. The van der Waals surface area contributed by atoms with Gasteiger partial charge in [-0.25, -0.2) is 0 Å². The molecule has 3 rings (SSSR count). The quantitative estimate of drug-likeness (QED) is 0.502. The molecule has 0 unspecified atom stereocenters. The van der Waals surface area contributed by atoms with Crippen LogP contribution in [-0.4, -0.2) is 47.8 Å². The summed E-state index contributed by atoms with van der Waals surface area (Å²) in [4.78, 5) is 12.4. The van der Waals surface area contributed by atoms with E-state index in [0.29, 0.717) is 38.9 Å². The molecule has 8 nitrogen and oxygen atoms in total. The molecule has 2 aromatic carbocycles. The van der Waals surface area contributed by atoms with E-state index in [-0.39, 0.29) is 11.7 Å². The van der Waals surface area contributed by atoms with E-state index in [4.69, 9.17) is 25.8 Å². The molecule has 3 aromatic rings. The van der Waals surface area contributed by atoms with E-state index >= 15 is 0 Å². The summed E-state index contributed by atoms with van der Waals surface area (Å²) in [6.45, 7) is 1.86. The van der Waals surface area contributed by atoms with Crippen molar-refractivity contribution in [2.24, 2.45) is 7.05 Å². The predicted molar refractivity (Wildman–Crippen MR) is 122 cm³/mol. The molecule has 0 aliphatic rings. The number of carbonyl (C=O) groups excluding carboxylic acids is 1. The molecule has 0 aliphatic heterocycles. The number of amides is 1. The minimum Gasteiger partial charge on any atom is -0.493 e. The zero-order valence-electron chi connectivity index (χ0n) is 17.9. The number of nitrogens with one attached hydrogen (secondary N) is 1. The zero-order chi connectivity index (χ0) is 22.5. The van der Waals surface area contributed by atoms with Gasteiger partial charge in [0.1, 0.15) is 0 Å². The van der Waals surface area contributed by atoms with Gasteiger partial charge in [0.2, 0.25) is 11.7 Å². The molecule has 1 N–H and O–H groups in total. The highest BCUT2D eigenvalue weighted by Gasteiger charge is 2.19. The monoisotopic (exact) mass is 462 g/mol. The predicted octanol–water partition coefficient (Wildman–Crippen LogP) is 4.20. The summed E-state index contributed by atoms with van der Waals surface area (Å²) in [6, 6.07) is 8.99. The van der Waals surface area contributed by atoms with E-state index in [1.54, 1.807) is 45.6 Å². The number of thioether (sulfide) groups is 1. The Kier molecular flexibility index (Phi) is 7.29. The smallest absolute Gasteiger partial charge is 0.234 e. The SMILES string of the molecule is COc1cc(-c2nnc(SCC(=O)Nc3cccc(Cl)c3C)n2C)cc(OC)c1OC. The second-order valence-corrected chi connectivity index (χ2v) is 7.88. The number of benzene rings is 2. The molecule has 10 heteroatoms. The van der Waals surface area contributed by atoms with Crippen molar-refractivity contribution in [3.05, 3.63) is 40.9 Å². The average Bonchev–Trinajstić information content (AvgIpc) is 3.14. The second-order valence-electron chi connectivity index (χ2n) is 6.53. The third kappa shape index (κ3) is 4.88. The number of nitrogens with zero attached hydrogens (tertiary/aromatic N) is 3. The van der Waals surface area contributed by atoms with Crippen LogP contribution in [0.1, 0.15) is 5.56 Å². The van der Waals surface area contributed by atoms with Gasteiger partial charge in [-0.1, -0.05) is 29.4 Å². The molecule has 0 spiro atoms. The van der Waals surface area contributed by atoms with Crippen molar-refractivity contribution in [2.45, 2.75) is 12.1 Å². The lowest BCUT2D eigenvalue weighted by Crippen LogP contribution is -2.15. The van der Waals surface area contributed by atoms with Crippen LogP contribution in [0.5, 0.6) is 17.2 Å². The molecular weight excluding hydrogens is 440 g/mol. The summed E-state index contributed by atoms with van der Waals surface area (Å²) in [6.07, 6.45) is 0. The number of anilines is 1. The van der Waals surface area contributed by atoms with Gasteiger partial charge in [-0.05, 0) is 36.8 Å². The maximum atomic E-state index is 12.4. The molecule has 1 aromatic heterocycles. The highest BCUT2D eigenvalue weighted by atomic mass is 35.5. The van der Waals surface area contributed by atoms with E-state index < -0.39 is 0 Å². The summed E-state index contributed by atoms with van der Waals surface area (Å²) < 4.78 is 18.0. The van der Waals surface area contributed by atoms with Crippen LogP contribution in [0.2, 0.25) is 5.02 Å². The molecule has 0 atom stereocenters. The number of ether oxygens (including phenoxy) is 3. The molecule has 0 aliphatic carbocycles. The standard InChI is InChI=1S/C21H23ClN4O4S/c1-12-14(22)7-6-8-15(12)23-18(27)11-31-21-25-24-20(26(21)2)13-9-16(28-3)19(30-5)17(10-13)29-4/h6-10H,11H2,1-5H3,(H,23,27). The molecule has 164 valence electrons. The van der Waals surface area contributed by atoms with E-state index in [1.165, 1.54) is 11.8 Å². The first-order valence-electron chi connectivity index (χ1n) is 9.27. The van der Waals surface area contributed by atoms with Gasteiger partial charge in [0.25, 0.3) is 0 Å². The lowest BCUT2D eigenvalue weighted by Gasteiger charge is -2.14. The van der Waals surface area contributed by atoms with Gasteiger partial charge in [0.05, 0.1) is 27.1 Å². The van der Waals surface area contributed by atoms with Crippen LogP contribution in [0.25, 0.3) is 11.4 Å². The lowest BCUT2D eigenvalue weighted by molar-refractivity contribution is -0.113. The van der Waals surface area contributed by atoms with Gasteiger partial charge < -0.3 is 24.1 Å². The van der Waals surface area contributed by atoms with Gasteiger partial charge in [0, 0.05) is 23.3 Å². The van der Waals surface area contributed by atoms with Gasteiger partial charge >= 0.3 is 0 Å². The maximum absolute atomic E-state index is 12.4. The summed E-state index contributed by atoms with van der Waals surface area (Å²) in [5, 5.41) is 12.6. The van der Waals surface area contributed by atoms with Gasteiger partial charge in [-0.3, -0.25) is 4.79 Å². The highest BCUT2D eigenvalue weighted by molar-refractivity contribution is 7.99. The topological polar surface area (TPSA) is 87.5 Å². The largest absolute Gasteiger partial charge is 0.493 e. The minimum absolute atomic E-state index is 0.160. The maximum Gasteiger partial charge on any atom is 0.234 e. The van der Waals surface area contributed by atoms with E-state index in [9.17, 15) is 4.79 Å². The minimum atomic E-state index is -0.160. The summed E-state index contributed by atoms with van der Waals surface area (Å²) >= 11 is 7.40. The van der Waals surface area contributed by atoms with Crippen molar-refractivity contribution in [1.29, 1.82) is 0 Å². The number of carbonyl (C=O) groups is 1. The number of rotatable bonds is 8. The fourth-order valence-electron chi connectivity index (χ4n) is 2.96. The Morgan fingerprint density at radius 2 is 1.81 bits per heavy atom. The van der Waals surface area contributed by atoms with Crippen molar-refractivity contribution >= 4 is 35.0 Å². The van der Waals surface area contributed by atoms with Gasteiger partial charge in [0.15, 0.2) is 22.5 Å². The highest BCUT2D eigenvalue weighted by Crippen LogP contribution is 2.41. The summed E-state index contributed by atoms with van der Waals surface area (Å²) in [5.41, 5.74) is 2.26. The van der Waals surface area contributed by atoms with Crippen LogP contribution in [0.3, 0.4) is 0 Å². The Bertz CT molecular complexity index is 1080. The number of methoxy groups -OCH3 is 3. The lowest BCUT2D eigenvalue weighted by atomic mass is 10.1. The Morgan fingerprint density at radius 3 is 2.42 bits per heavy atom. The van der Waals surface area contributed by atoms with Crippen molar-refractivity contribution in [3.63, 3.8) is 0 Å². The molecule has 0 fully saturated rings. The molecule has 0 saturated carbocycles. The summed E-state index contributed by atoms with van der Waals surface area (Å²) in [7, 11) is 6.49. The van der Waals surface area contributed by atoms with Crippen LogP contribution >= 0.6 is 23.4 Å². The second kappa shape index (κ2) is 9.93. The normalized spacial score (nSPS) is 10.6. The van der Waals surface area contributed by atoms with Crippen LogP contribution in [0.4, 0.5) is 5.69 Å². The van der Waals surface area contributed by atoms with Crippen LogP contribution in [0, 0.1) is 6.92 Å². The van der Waals surface area contributed by atoms with Gasteiger partial charge in [-0.2, -0.15) is 0 Å². The molecule has 0 radical (unpaired) electrons. The average molecular weight is 463 g/mol. The first kappa shape index (κ1) is 22.8. The van der Waals surface area contributed by atoms with E-state index in [1.807, 2.05) is 24.6 Å². The molecule has 0 saturated heterocycles. The third-order valence-corrected chi connectivity index (χ3v) is 6.06. The number of hydrogen-bond acceptors (Lipinski definition) is 7. The fraction of sp³-hybridized carbons (Fsp3) is 0.286. The van der Waals surface area contributed by atoms with Gasteiger partial charge in [-0.15, -0.1) is 10.2 Å². The van der Waals surface area contributed by atoms with Crippen molar-refractivity contribution in [3.8, 4) is 28.6 Å².